The molecule has 2 aromatic heterocycles. The molecule has 10 heteroatoms. The number of benzene rings is 2. The number of ketones is 1. The van der Waals surface area contributed by atoms with Gasteiger partial charge in [0.15, 0.2) is 11.5 Å². The van der Waals surface area contributed by atoms with E-state index in [0.29, 0.717) is 28.1 Å². The number of phenols is 1. The number of aromatic nitrogens is 4. The minimum Gasteiger partial charge on any atom is -0.507 e. The van der Waals surface area contributed by atoms with Crippen LogP contribution in [0, 0.1) is 5.92 Å². The minimum atomic E-state index is -0.478. The summed E-state index contributed by atoms with van der Waals surface area (Å²) in [4.78, 5) is 33.0. The molecule has 6 rings (SSSR count). The molecule has 3 N–H and O–H groups in total. The standard InChI is InChI=1S/C34H38N6O4/c1-6-39(7-2)22-16-17-23(24(41)18-22)25-28(42)26(29(25)43)27-30(34(3,4)5)37-40-32(27)36-31(38-40)19-12-14-21(15-13-19)35-33(44)20-10-8-9-11-20/h12-18,20,41-42H,6-11H2,1-5H3,(H,35,44)/b27-26+. The van der Waals surface area contributed by atoms with Crippen molar-refractivity contribution in [1.29, 1.82) is 0 Å². The molecule has 0 radical (unpaired) electrons. The number of allylic oxidation sites excluding steroid dienone is 2. The summed E-state index contributed by atoms with van der Waals surface area (Å²) in [6.07, 6.45) is 4.06. The van der Waals surface area contributed by atoms with Crippen LogP contribution in [0.5, 0.6) is 5.75 Å². The van der Waals surface area contributed by atoms with E-state index < -0.39 is 5.41 Å². The van der Waals surface area contributed by atoms with Crippen molar-refractivity contribution in [2.24, 2.45) is 5.92 Å². The van der Waals surface area contributed by atoms with Crippen LogP contribution in [0.4, 0.5) is 11.4 Å². The lowest BCUT2D eigenvalue weighted by Crippen LogP contribution is -2.32. The number of hydrogen-bond acceptors (Lipinski definition) is 8. The zero-order chi connectivity index (χ0) is 31.3. The molecule has 2 aromatic carbocycles. The van der Waals surface area contributed by atoms with Crippen molar-refractivity contribution in [3.63, 3.8) is 0 Å². The van der Waals surface area contributed by atoms with Crippen molar-refractivity contribution in [2.45, 2.75) is 65.7 Å². The van der Waals surface area contributed by atoms with Crippen LogP contribution in [0.3, 0.4) is 0 Å². The third-order valence-electron chi connectivity index (χ3n) is 8.65. The third-order valence-corrected chi connectivity index (χ3v) is 8.65. The first-order valence-electron chi connectivity index (χ1n) is 15.3. The number of nitrogens with one attached hydrogen (secondary N) is 1. The molecular formula is C34H38N6O4. The molecule has 228 valence electrons. The molecular weight excluding hydrogens is 556 g/mol. The summed E-state index contributed by atoms with van der Waals surface area (Å²) < 4.78 is 1.41. The fourth-order valence-electron chi connectivity index (χ4n) is 6.19. The second-order valence-electron chi connectivity index (χ2n) is 12.6. The summed E-state index contributed by atoms with van der Waals surface area (Å²) in [5.74, 6) is -0.125. The Kier molecular flexibility index (Phi) is 7.39. The highest BCUT2D eigenvalue weighted by Crippen LogP contribution is 2.42. The lowest BCUT2D eigenvalue weighted by molar-refractivity contribution is -0.119. The highest BCUT2D eigenvalue weighted by molar-refractivity contribution is 6.52. The quantitative estimate of drug-likeness (QED) is 0.266. The van der Waals surface area contributed by atoms with Gasteiger partial charge in [-0.1, -0.05) is 33.6 Å². The van der Waals surface area contributed by atoms with Crippen LogP contribution in [-0.2, 0) is 15.0 Å². The molecule has 1 amide bonds. The van der Waals surface area contributed by atoms with Gasteiger partial charge in [0, 0.05) is 53.0 Å². The summed E-state index contributed by atoms with van der Waals surface area (Å²) in [6.45, 7) is 11.5. The maximum atomic E-state index is 13.7. The number of nitrogens with zero attached hydrogens (tertiary/aromatic N) is 5. The van der Waals surface area contributed by atoms with Crippen LogP contribution in [0.2, 0.25) is 0 Å². The van der Waals surface area contributed by atoms with E-state index in [2.05, 4.69) is 15.3 Å². The summed E-state index contributed by atoms with van der Waals surface area (Å²) in [5, 5.41) is 34.8. The van der Waals surface area contributed by atoms with Gasteiger partial charge in [0.1, 0.15) is 11.5 Å². The Balaban J connectivity index is 1.39. The number of aromatic hydroxyl groups is 1. The Bertz CT molecular complexity index is 1860. The molecule has 0 spiro atoms. The highest BCUT2D eigenvalue weighted by atomic mass is 16.3. The van der Waals surface area contributed by atoms with Gasteiger partial charge in [-0.15, -0.1) is 9.73 Å². The van der Waals surface area contributed by atoms with Crippen LogP contribution in [0.15, 0.2) is 48.2 Å². The molecule has 44 heavy (non-hydrogen) atoms. The smallest absolute Gasteiger partial charge is 0.227 e. The number of Topliss-reactive ketones (excluding diaryl/α,β-unsaturated/α-hetero) is 1. The van der Waals surface area contributed by atoms with E-state index in [1.165, 1.54) is 4.63 Å². The lowest BCUT2D eigenvalue weighted by Gasteiger charge is -2.25. The summed E-state index contributed by atoms with van der Waals surface area (Å²) in [7, 11) is 0. The van der Waals surface area contributed by atoms with Crippen molar-refractivity contribution in [3.05, 3.63) is 64.7 Å². The second kappa shape index (κ2) is 11.1. The predicted octanol–water partition coefficient (Wildman–Crippen LogP) is 5.19. The molecule has 0 saturated heterocycles. The first-order chi connectivity index (χ1) is 21.0. The number of fused-ring (bicyclic) bond motifs is 1. The maximum Gasteiger partial charge on any atom is 0.227 e. The van der Waals surface area contributed by atoms with Crippen LogP contribution in [-0.4, -0.2) is 54.8 Å². The van der Waals surface area contributed by atoms with Crippen LogP contribution in [0.1, 0.15) is 71.6 Å². The number of rotatable bonds is 7. The van der Waals surface area contributed by atoms with Gasteiger partial charge >= 0.3 is 0 Å². The maximum absolute atomic E-state index is 13.7. The number of carbonyl (C=O) groups is 2. The van der Waals surface area contributed by atoms with Gasteiger partial charge < -0.3 is 20.4 Å². The van der Waals surface area contributed by atoms with Crippen molar-refractivity contribution in [2.75, 3.05) is 23.3 Å². The largest absolute Gasteiger partial charge is 0.507 e. The molecule has 1 fully saturated rings. The SMILES string of the molecule is CCN(CC)c1ccc(C2=C(O)/C(=c3/c(C(C)(C)C)nn4nc(-c5ccc(NC(=O)C6CCCC6)cc5)nc34)C2=O)c(O)c1. The van der Waals surface area contributed by atoms with Crippen molar-refractivity contribution < 1.29 is 19.8 Å². The summed E-state index contributed by atoms with van der Waals surface area (Å²) >= 11 is 0. The lowest BCUT2D eigenvalue weighted by atomic mass is 9.80. The molecule has 0 unspecified atom stereocenters. The van der Waals surface area contributed by atoms with E-state index >= 15 is 0 Å². The van der Waals surface area contributed by atoms with Gasteiger partial charge in [-0.3, -0.25) is 9.59 Å². The first kappa shape index (κ1) is 29.3. The van der Waals surface area contributed by atoms with Gasteiger partial charge in [0.2, 0.25) is 11.7 Å². The van der Waals surface area contributed by atoms with E-state index in [4.69, 9.17) is 10.1 Å². The number of phenolic OH excluding ortho intramolecular Hbond substituents is 1. The van der Waals surface area contributed by atoms with Gasteiger partial charge in [-0.05, 0) is 63.1 Å². The van der Waals surface area contributed by atoms with E-state index in [0.717, 1.165) is 50.0 Å². The normalized spacial score (nSPS) is 17.0. The Hall–Kier alpha value is -4.73. The fraction of sp³-hybridized carbons (Fsp3) is 0.382. The monoisotopic (exact) mass is 594 g/mol. The topological polar surface area (TPSA) is 133 Å². The number of aliphatic hydroxyl groups is 1. The Labute approximate surface area is 256 Å². The Morgan fingerprint density at radius 1 is 1.00 bits per heavy atom. The van der Waals surface area contributed by atoms with E-state index in [9.17, 15) is 19.8 Å². The van der Waals surface area contributed by atoms with E-state index in [-0.39, 0.29) is 45.8 Å². The molecule has 1 saturated carbocycles. The van der Waals surface area contributed by atoms with Gasteiger partial charge in [0.05, 0.1) is 22.1 Å². The molecule has 4 aromatic rings. The van der Waals surface area contributed by atoms with Gasteiger partial charge in [-0.2, -0.15) is 5.10 Å². The number of carbonyl (C=O) groups excluding carboxylic acids is 2. The molecule has 10 nitrogen and oxygen atoms in total. The molecule has 0 atom stereocenters. The van der Waals surface area contributed by atoms with Crippen molar-refractivity contribution in [1.82, 2.24) is 19.8 Å². The average Bonchev–Trinajstić information content (AvgIpc) is 3.74. The number of amides is 1. The molecule has 2 aliphatic rings. The van der Waals surface area contributed by atoms with Gasteiger partial charge in [0.25, 0.3) is 0 Å². The zero-order valence-corrected chi connectivity index (χ0v) is 25.8. The zero-order valence-electron chi connectivity index (χ0n) is 25.8. The van der Waals surface area contributed by atoms with Crippen LogP contribution in [0.25, 0.3) is 28.2 Å². The first-order valence-corrected chi connectivity index (χ1v) is 15.3. The Morgan fingerprint density at radius 2 is 1.68 bits per heavy atom. The molecule has 2 aliphatic carbocycles. The number of hydrogen-bond donors (Lipinski definition) is 3. The van der Waals surface area contributed by atoms with Gasteiger partial charge in [-0.25, -0.2) is 4.98 Å². The molecule has 0 aliphatic heterocycles. The van der Waals surface area contributed by atoms with E-state index in [1.807, 2.05) is 65.0 Å². The third kappa shape index (κ3) is 4.98. The molecule has 0 bridgehead atoms. The van der Waals surface area contributed by atoms with Crippen molar-refractivity contribution in [3.8, 4) is 17.1 Å². The van der Waals surface area contributed by atoms with Crippen LogP contribution < -0.4 is 15.4 Å². The fourth-order valence-corrected chi connectivity index (χ4v) is 6.19. The average molecular weight is 595 g/mol. The molecule has 2 heterocycles. The van der Waals surface area contributed by atoms with Crippen molar-refractivity contribution >= 4 is 39.9 Å². The Morgan fingerprint density at radius 3 is 2.27 bits per heavy atom. The van der Waals surface area contributed by atoms with E-state index in [1.54, 1.807) is 12.1 Å². The van der Waals surface area contributed by atoms with Crippen LogP contribution >= 0.6 is 0 Å². The highest BCUT2D eigenvalue weighted by Gasteiger charge is 2.40. The minimum absolute atomic E-state index is 0.0557. The number of anilines is 2. The predicted molar refractivity (Wildman–Crippen MR) is 170 cm³/mol. The number of aliphatic hydroxyl groups excluding tert-OH is 1. The second-order valence-corrected chi connectivity index (χ2v) is 12.6. The summed E-state index contributed by atoms with van der Waals surface area (Å²) in [5.41, 5.74) is 3.20. The summed E-state index contributed by atoms with van der Waals surface area (Å²) in [6, 6.07) is 12.5.